The number of ether oxygens (including phenoxy) is 1. The van der Waals surface area contributed by atoms with Gasteiger partial charge in [-0.2, -0.15) is 0 Å². The highest BCUT2D eigenvalue weighted by Gasteiger charge is 2.19. The lowest BCUT2D eigenvalue weighted by atomic mass is 10.1. The van der Waals surface area contributed by atoms with Gasteiger partial charge in [-0.25, -0.2) is 22.0 Å². The van der Waals surface area contributed by atoms with Crippen molar-refractivity contribution >= 4 is 19.9 Å². The highest BCUT2D eigenvalue weighted by atomic mass is 32.2. The van der Waals surface area contributed by atoms with Crippen molar-refractivity contribution in [2.45, 2.75) is 32.1 Å². The summed E-state index contributed by atoms with van der Waals surface area (Å²) in [5.74, 6) is 0.0542. The third-order valence-electron chi connectivity index (χ3n) is 2.85. The van der Waals surface area contributed by atoms with E-state index in [1.165, 1.54) is 6.07 Å². The molecule has 21 heavy (non-hydrogen) atoms. The molecule has 0 aromatic heterocycles. The molecule has 0 heterocycles. The van der Waals surface area contributed by atoms with Crippen LogP contribution in [-0.2, 0) is 19.9 Å². The Balaban J connectivity index is 2.99. The maximum atomic E-state index is 11.6. The van der Waals surface area contributed by atoms with E-state index in [0.29, 0.717) is 12.0 Å². The van der Waals surface area contributed by atoms with Crippen LogP contribution in [0.3, 0.4) is 0 Å². The topological polar surface area (TPSA) is 104 Å². The van der Waals surface area contributed by atoms with Crippen LogP contribution in [0.1, 0.15) is 24.5 Å². The maximum Gasteiger partial charge on any atom is 0.241 e. The quantitative estimate of drug-likeness (QED) is 0.805. The van der Waals surface area contributed by atoms with E-state index in [0.717, 1.165) is 5.56 Å². The molecular formula is C13H21NO5S2. The van der Waals surface area contributed by atoms with Gasteiger partial charge in [0.25, 0.3) is 0 Å². The van der Waals surface area contributed by atoms with Gasteiger partial charge >= 0.3 is 0 Å². The Labute approximate surface area is 126 Å². The third kappa shape index (κ3) is 5.29. The smallest absolute Gasteiger partial charge is 0.241 e. The summed E-state index contributed by atoms with van der Waals surface area (Å²) < 4.78 is 51.8. The molecule has 8 heteroatoms. The summed E-state index contributed by atoms with van der Waals surface area (Å²) in [7, 11) is -7.11. The molecule has 0 saturated heterocycles. The average molecular weight is 335 g/mol. The predicted octanol–water partition coefficient (Wildman–Crippen LogP) is 1.15. The summed E-state index contributed by atoms with van der Waals surface area (Å²) in [5.41, 5.74) is 1.34. The lowest BCUT2D eigenvalue weighted by molar-refractivity contribution is 0.329. The number of nitrogens with two attached hydrogens (primary N) is 1. The molecule has 2 N–H and O–H groups in total. The van der Waals surface area contributed by atoms with Crippen LogP contribution in [0, 0.1) is 13.8 Å². The molecule has 0 aliphatic heterocycles. The molecule has 120 valence electrons. The summed E-state index contributed by atoms with van der Waals surface area (Å²) in [6.07, 6.45) is 0.536. The number of hydrogen-bond donors (Lipinski definition) is 1. The Hall–Kier alpha value is -1.12. The largest absolute Gasteiger partial charge is 0.491 e. The minimum Gasteiger partial charge on any atom is -0.491 e. The highest BCUT2D eigenvalue weighted by molar-refractivity contribution is 7.91. The monoisotopic (exact) mass is 335 g/mol. The van der Waals surface area contributed by atoms with Gasteiger partial charge in [-0.3, -0.25) is 0 Å². The van der Waals surface area contributed by atoms with Gasteiger partial charge < -0.3 is 4.74 Å². The Morgan fingerprint density at radius 3 is 2.24 bits per heavy atom. The van der Waals surface area contributed by atoms with E-state index in [1.807, 2.05) is 0 Å². The van der Waals surface area contributed by atoms with Crippen molar-refractivity contribution in [1.29, 1.82) is 0 Å². The number of sulfone groups is 1. The standard InChI is InChI=1S/C13H21NO5S2/c1-4-6-20(15,16)7-5-19-13-11(3)8-10(2)9-12(13)21(14,17)18/h8-9H,4-7H2,1-3H3,(H2,14,17,18). The number of primary sulfonamides is 1. The molecular weight excluding hydrogens is 314 g/mol. The van der Waals surface area contributed by atoms with Gasteiger partial charge in [-0.15, -0.1) is 0 Å². The van der Waals surface area contributed by atoms with Crippen LogP contribution in [0.15, 0.2) is 17.0 Å². The molecule has 1 aromatic carbocycles. The zero-order chi connectivity index (χ0) is 16.3. The van der Waals surface area contributed by atoms with Crippen molar-refractivity contribution in [1.82, 2.24) is 0 Å². The number of sulfonamides is 1. The Bertz CT molecular complexity index is 708. The molecule has 0 bridgehead atoms. The SMILES string of the molecule is CCCS(=O)(=O)CCOc1c(C)cc(C)cc1S(N)(=O)=O. The van der Waals surface area contributed by atoms with Gasteiger partial charge in [0.05, 0.1) is 11.5 Å². The van der Waals surface area contributed by atoms with Gasteiger partial charge in [0, 0.05) is 0 Å². The predicted molar refractivity (Wildman–Crippen MR) is 81.7 cm³/mol. The second kappa shape index (κ2) is 6.76. The van der Waals surface area contributed by atoms with Crippen LogP contribution in [0.5, 0.6) is 5.75 Å². The van der Waals surface area contributed by atoms with Gasteiger partial charge in [-0.1, -0.05) is 13.0 Å². The number of benzene rings is 1. The molecule has 0 amide bonds. The normalized spacial score (nSPS) is 12.4. The average Bonchev–Trinajstić information content (AvgIpc) is 2.29. The van der Waals surface area contributed by atoms with Crippen LogP contribution in [-0.4, -0.2) is 34.9 Å². The zero-order valence-corrected chi connectivity index (χ0v) is 14.1. The molecule has 1 rings (SSSR count). The maximum absolute atomic E-state index is 11.6. The van der Waals surface area contributed by atoms with E-state index in [-0.39, 0.29) is 28.8 Å². The van der Waals surface area contributed by atoms with E-state index in [4.69, 9.17) is 9.88 Å². The Kier molecular flexibility index (Phi) is 5.77. The summed E-state index contributed by atoms with van der Waals surface area (Å²) in [6, 6.07) is 3.17. The van der Waals surface area contributed by atoms with E-state index in [2.05, 4.69) is 0 Å². The fourth-order valence-electron chi connectivity index (χ4n) is 2.00. The fourth-order valence-corrected chi connectivity index (χ4v) is 3.99. The van der Waals surface area contributed by atoms with E-state index in [9.17, 15) is 16.8 Å². The molecule has 1 aromatic rings. The van der Waals surface area contributed by atoms with Crippen LogP contribution < -0.4 is 9.88 Å². The second-order valence-electron chi connectivity index (χ2n) is 4.95. The summed E-state index contributed by atoms with van der Waals surface area (Å²) in [4.78, 5) is -0.118. The lowest BCUT2D eigenvalue weighted by Gasteiger charge is -2.14. The van der Waals surface area contributed by atoms with Crippen molar-refractivity contribution < 1.29 is 21.6 Å². The molecule has 0 aliphatic carbocycles. The summed E-state index contributed by atoms with van der Waals surface area (Å²) >= 11 is 0. The van der Waals surface area contributed by atoms with Crippen LogP contribution >= 0.6 is 0 Å². The van der Waals surface area contributed by atoms with Crippen LogP contribution in [0.25, 0.3) is 0 Å². The van der Waals surface area contributed by atoms with Gasteiger partial charge in [0.15, 0.2) is 9.84 Å². The molecule has 0 fully saturated rings. The summed E-state index contributed by atoms with van der Waals surface area (Å²) in [5, 5.41) is 5.17. The molecule has 6 nitrogen and oxygen atoms in total. The number of aryl methyl sites for hydroxylation is 2. The van der Waals surface area contributed by atoms with Crippen molar-refractivity contribution in [3.8, 4) is 5.75 Å². The first-order valence-electron chi connectivity index (χ1n) is 6.54. The molecule has 0 radical (unpaired) electrons. The van der Waals surface area contributed by atoms with Gasteiger partial charge in [-0.05, 0) is 37.5 Å². The minimum absolute atomic E-state index is 0.0886. The van der Waals surface area contributed by atoms with Crippen molar-refractivity contribution in [3.05, 3.63) is 23.3 Å². The third-order valence-corrected chi connectivity index (χ3v) is 5.58. The molecule has 0 unspecified atom stereocenters. The summed E-state index contributed by atoms with van der Waals surface area (Å²) in [6.45, 7) is 5.12. The van der Waals surface area contributed by atoms with Crippen LogP contribution in [0.2, 0.25) is 0 Å². The Morgan fingerprint density at radius 2 is 1.71 bits per heavy atom. The van der Waals surface area contributed by atoms with Crippen LogP contribution in [0.4, 0.5) is 0 Å². The molecule has 0 atom stereocenters. The first kappa shape index (κ1) is 17.9. The van der Waals surface area contributed by atoms with E-state index >= 15 is 0 Å². The van der Waals surface area contributed by atoms with E-state index in [1.54, 1.807) is 26.8 Å². The first-order valence-corrected chi connectivity index (χ1v) is 9.91. The van der Waals surface area contributed by atoms with Gasteiger partial charge in [0.1, 0.15) is 17.3 Å². The molecule has 0 aliphatic rings. The van der Waals surface area contributed by atoms with E-state index < -0.39 is 19.9 Å². The number of hydrogen-bond acceptors (Lipinski definition) is 5. The lowest BCUT2D eigenvalue weighted by Crippen LogP contribution is -2.19. The number of rotatable bonds is 7. The first-order chi connectivity index (χ1) is 9.57. The fraction of sp³-hybridized carbons (Fsp3) is 0.538. The highest BCUT2D eigenvalue weighted by Crippen LogP contribution is 2.28. The molecule has 0 spiro atoms. The zero-order valence-electron chi connectivity index (χ0n) is 12.4. The van der Waals surface area contributed by atoms with Crippen molar-refractivity contribution in [2.75, 3.05) is 18.1 Å². The van der Waals surface area contributed by atoms with Gasteiger partial charge in [0.2, 0.25) is 10.0 Å². The van der Waals surface area contributed by atoms with Crippen molar-refractivity contribution in [3.63, 3.8) is 0 Å². The molecule has 0 saturated carbocycles. The second-order valence-corrected chi connectivity index (χ2v) is 8.79. The van der Waals surface area contributed by atoms with Crippen molar-refractivity contribution in [2.24, 2.45) is 5.14 Å². The minimum atomic E-state index is -3.93. The Morgan fingerprint density at radius 1 is 1.10 bits per heavy atom.